The van der Waals surface area contributed by atoms with E-state index in [0.29, 0.717) is 42.3 Å². The van der Waals surface area contributed by atoms with Gasteiger partial charge in [0.05, 0.1) is 21.0 Å². The minimum absolute atomic E-state index is 0.275. The molecule has 2 aromatic carbocycles. The third-order valence-corrected chi connectivity index (χ3v) is 5.83. The van der Waals surface area contributed by atoms with Crippen molar-refractivity contribution >= 4 is 69.8 Å². The maximum Gasteiger partial charge on any atom is 0.237 e. The first-order chi connectivity index (χ1) is 13.3. The highest BCUT2D eigenvalue weighted by Crippen LogP contribution is 2.32. The zero-order chi connectivity index (χ0) is 20.4. The average molecular weight is 477 g/mol. The van der Waals surface area contributed by atoms with Crippen molar-refractivity contribution in [3.63, 3.8) is 0 Å². The Balaban J connectivity index is 1.74. The number of nitrogens with one attached hydrogen (secondary N) is 1. The van der Waals surface area contributed by atoms with Gasteiger partial charge < -0.3 is 11.2 Å². The second kappa shape index (κ2) is 8.80. The largest absolute Gasteiger partial charge is 0.335 e. The van der Waals surface area contributed by atoms with Crippen LogP contribution in [-0.2, 0) is 4.79 Å². The second-order valence-corrected chi connectivity index (χ2v) is 8.67. The SMILES string of the molecule is CC(Sc1nnc(-c2ccc(Cl)cc2Cl)n1N)C(=O)Nc1ccc(Cl)cc1Cl. The summed E-state index contributed by atoms with van der Waals surface area (Å²) < 4.78 is 1.28. The highest BCUT2D eigenvalue weighted by atomic mass is 35.5. The number of thioether (sulfide) groups is 1. The molecule has 1 amide bonds. The number of nitrogens with zero attached hydrogens (tertiary/aromatic N) is 3. The molecule has 3 N–H and O–H groups in total. The number of hydrogen-bond acceptors (Lipinski definition) is 5. The highest BCUT2D eigenvalue weighted by Gasteiger charge is 2.21. The van der Waals surface area contributed by atoms with E-state index < -0.39 is 5.25 Å². The Kier molecular flexibility index (Phi) is 6.62. The molecule has 0 aliphatic carbocycles. The molecule has 3 rings (SSSR count). The van der Waals surface area contributed by atoms with E-state index in [-0.39, 0.29) is 5.91 Å². The fraction of sp³-hybridized carbons (Fsp3) is 0.118. The summed E-state index contributed by atoms with van der Waals surface area (Å²) in [4.78, 5) is 12.5. The maximum absolute atomic E-state index is 12.5. The van der Waals surface area contributed by atoms with E-state index in [9.17, 15) is 4.79 Å². The van der Waals surface area contributed by atoms with E-state index >= 15 is 0 Å². The fourth-order valence-electron chi connectivity index (χ4n) is 2.25. The van der Waals surface area contributed by atoms with Crippen molar-refractivity contribution in [1.29, 1.82) is 0 Å². The zero-order valence-electron chi connectivity index (χ0n) is 14.3. The molecule has 6 nitrogen and oxygen atoms in total. The van der Waals surface area contributed by atoms with Gasteiger partial charge in [-0.15, -0.1) is 10.2 Å². The Morgan fingerprint density at radius 3 is 2.36 bits per heavy atom. The normalized spacial score (nSPS) is 12.0. The topological polar surface area (TPSA) is 85.8 Å². The van der Waals surface area contributed by atoms with Crippen LogP contribution in [0.3, 0.4) is 0 Å². The van der Waals surface area contributed by atoms with Crippen LogP contribution in [0.1, 0.15) is 6.92 Å². The minimum Gasteiger partial charge on any atom is -0.335 e. The summed E-state index contributed by atoms with van der Waals surface area (Å²) in [7, 11) is 0. The molecule has 3 aromatic rings. The van der Waals surface area contributed by atoms with Gasteiger partial charge in [0.1, 0.15) is 0 Å². The molecule has 0 bridgehead atoms. The number of aromatic nitrogens is 3. The number of carbonyl (C=O) groups excluding carboxylic acids is 1. The summed E-state index contributed by atoms with van der Waals surface area (Å²) in [5.74, 6) is 6.18. The smallest absolute Gasteiger partial charge is 0.237 e. The molecule has 0 saturated heterocycles. The van der Waals surface area contributed by atoms with Crippen LogP contribution >= 0.6 is 58.2 Å². The molecule has 0 spiro atoms. The molecule has 1 atom stereocenters. The van der Waals surface area contributed by atoms with Gasteiger partial charge in [-0.25, -0.2) is 4.68 Å². The number of halogens is 4. The molecule has 1 unspecified atom stereocenters. The van der Waals surface area contributed by atoms with Crippen LogP contribution in [-0.4, -0.2) is 26.0 Å². The third kappa shape index (κ3) is 4.67. The van der Waals surface area contributed by atoms with Crippen LogP contribution in [0, 0.1) is 0 Å². The van der Waals surface area contributed by atoms with E-state index in [4.69, 9.17) is 52.2 Å². The third-order valence-electron chi connectivity index (χ3n) is 3.68. The summed E-state index contributed by atoms with van der Waals surface area (Å²) in [6, 6.07) is 9.79. The minimum atomic E-state index is -0.521. The first-order valence-electron chi connectivity index (χ1n) is 7.84. The van der Waals surface area contributed by atoms with Gasteiger partial charge in [-0.3, -0.25) is 4.79 Å². The lowest BCUT2D eigenvalue weighted by atomic mass is 10.2. The number of carbonyl (C=O) groups is 1. The van der Waals surface area contributed by atoms with Gasteiger partial charge in [0.15, 0.2) is 5.82 Å². The van der Waals surface area contributed by atoms with E-state index in [0.717, 1.165) is 11.8 Å². The van der Waals surface area contributed by atoms with Crippen LogP contribution in [0.4, 0.5) is 5.69 Å². The highest BCUT2D eigenvalue weighted by molar-refractivity contribution is 8.00. The van der Waals surface area contributed by atoms with Gasteiger partial charge in [0.2, 0.25) is 11.1 Å². The van der Waals surface area contributed by atoms with Gasteiger partial charge in [0.25, 0.3) is 0 Å². The predicted octanol–water partition coefficient (Wildman–Crippen LogP) is 5.39. The Bertz CT molecular complexity index is 1040. The van der Waals surface area contributed by atoms with Crippen LogP contribution in [0.2, 0.25) is 20.1 Å². The summed E-state index contributed by atoms with van der Waals surface area (Å²) in [6.07, 6.45) is 0. The monoisotopic (exact) mass is 475 g/mol. The quantitative estimate of drug-likeness (QED) is 0.380. The maximum atomic E-state index is 12.5. The molecule has 0 aliphatic heterocycles. The van der Waals surface area contributed by atoms with Crippen molar-refractivity contribution in [2.75, 3.05) is 11.2 Å². The molecule has 0 fully saturated rings. The van der Waals surface area contributed by atoms with Crippen molar-refractivity contribution in [2.45, 2.75) is 17.3 Å². The standard InChI is InChI=1S/C17H13Cl4N5OS/c1-8(16(27)23-14-5-3-10(19)7-13(14)21)28-17-25-24-15(26(17)22)11-4-2-9(18)6-12(11)20/h2-8H,22H2,1H3,(H,23,27). The number of nitrogens with two attached hydrogens (primary N) is 1. The lowest BCUT2D eigenvalue weighted by molar-refractivity contribution is -0.115. The number of hydrogen-bond donors (Lipinski definition) is 2. The number of amides is 1. The van der Waals surface area contributed by atoms with Gasteiger partial charge in [-0.1, -0.05) is 58.2 Å². The van der Waals surface area contributed by atoms with Crippen LogP contribution in [0.15, 0.2) is 41.6 Å². The molecule has 0 saturated carbocycles. The fourth-order valence-corrected chi connectivity index (χ4v) is 3.97. The van der Waals surface area contributed by atoms with E-state index in [2.05, 4.69) is 15.5 Å². The Morgan fingerprint density at radius 1 is 1.07 bits per heavy atom. The number of benzene rings is 2. The summed E-state index contributed by atoms with van der Waals surface area (Å²) in [5.41, 5.74) is 1.05. The van der Waals surface area contributed by atoms with Crippen molar-refractivity contribution < 1.29 is 4.79 Å². The lowest BCUT2D eigenvalue weighted by Crippen LogP contribution is -2.23. The molecule has 0 radical (unpaired) electrons. The van der Waals surface area contributed by atoms with Gasteiger partial charge >= 0.3 is 0 Å². The molecular weight excluding hydrogens is 464 g/mol. The zero-order valence-corrected chi connectivity index (χ0v) is 18.1. The van der Waals surface area contributed by atoms with Crippen molar-refractivity contribution in [2.24, 2.45) is 0 Å². The predicted molar refractivity (Wildman–Crippen MR) is 116 cm³/mol. The molecule has 1 heterocycles. The molecule has 11 heteroatoms. The molecule has 0 aliphatic rings. The Morgan fingerprint density at radius 2 is 1.71 bits per heavy atom. The van der Waals surface area contributed by atoms with Crippen molar-refractivity contribution in [3.05, 3.63) is 56.5 Å². The molecule has 1 aromatic heterocycles. The van der Waals surface area contributed by atoms with Crippen molar-refractivity contribution in [1.82, 2.24) is 14.9 Å². The van der Waals surface area contributed by atoms with Crippen LogP contribution in [0.5, 0.6) is 0 Å². The van der Waals surface area contributed by atoms with Crippen LogP contribution < -0.4 is 11.2 Å². The Labute approximate surface area is 185 Å². The average Bonchev–Trinajstić information content (AvgIpc) is 2.98. The first kappa shape index (κ1) is 21.1. The number of rotatable bonds is 5. The molecule has 146 valence electrons. The summed E-state index contributed by atoms with van der Waals surface area (Å²) >= 11 is 25.2. The number of nitrogen functional groups attached to an aromatic ring is 1. The first-order valence-corrected chi connectivity index (χ1v) is 10.2. The number of anilines is 1. The van der Waals surface area contributed by atoms with E-state index in [1.807, 2.05) is 0 Å². The van der Waals surface area contributed by atoms with E-state index in [1.54, 1.807) is 43.3 Å². The Hall–Kier alpha value is -1.64. The second-order valence-electron chi connectivity index (χ2n) is 5.67. The summed E-state index contributed by atoms with van der Waals surface area (Å²) in [6.45, 7) is 1.72. The molecular formula is C17H13Cl4N5OS. The van der Waals surface area contributed by atoms with Gasteiger partial charge in [-0.2, -0.15) is 0 Å². The van der Waals surface area contributed by atoms with E-state index in [1.165, 1.54) is 4.68 Å². The van der Waals surface area contributed by atoms with Gasteiger partial charge in [0, 0.05) is 15.6 Å². The summed E-state index contributed by atoms with van der Waals surface area (Å²) in [5, 5.41) is 12.4. The lowest BCUT2D eigenvalue weighted by Gasteiger charge is -2.12. The van der Waals surface area contributed by atoms with Crippen LogP contribution in [0.25, 0.3) is 11.4 Å². The van der Waals surface area contributed by atoms with Crippen molar-refractivity contribution in [3.8, 4) is 11.4 Å². The molecule has 28 heavy (non-hydrogen) atoms. The van der Waals surface area contributed by atoms with Gasteiger partial charge in [-0.05, 0) is 43.3 Å².